The standard InChI is InChI=1S/C11H18O3/c1-4-8-9(6-5-7(2)3)11(13)14-10(8)12/h7-9H,4-6H2,1-3H3. The van der Waals surface area contributed by atoms with Gasteiger partial charge in [-0.15, -0.1) is 0 Å². The van der Waals surface area contributed by atoms with Gasteiger partial charge in [-0.3, -0.25) is 9.59 Å². The zero-order valence-electron chi connectivity index (χ0n) is 9.08. The summed E-state index contributed by atoms with van der Waals surface area (Å²) in [6.45, 7) is 6.15. The predicted molar refractivity (Wildman–Crippen MR) is 52.4 cm³/mol. The molecule has 0 spiro atoms. The molecule has 0 aromatic rings. The zero-order valence-corrected chi connectivity index (χ0v) is 9.08. The van der Waals surface area contributed by atoms with Gasteiger partial charge in [-0.25, -0.2) is 0 Å². The molecule has 1 aliphatic rings. The third-order valence-corrected chi connectivity index (χ3v) is 2.79. The molecule has 0 N–H and O–H groups in total. The first kappa shape index (κ1) is 11.2. The molecule has 2 unspecified atom stereocenters. The van der Waals surface area contributed by atoms with Crippen LogP contribution in [0.25, 0.3) is 0 Å². The van der Waals surface area contributed by atoms with Crippen molar-refractivity contribution in [3.8, 4) is 0 Å². The molecule has 80 valence electrons. The van der Waals surface area contributed by atoms with Crippen LogP contribution in [0, 0.1) is 17.8 Å². The first-order valence-electron chi connectivity index (χ1n) is 5.31. The second-order valence-electron chi connectivity index (χ2n) is 4.33. The van der Waals surface area contributed by atoms with Crippen molar-refractivity contribution >= 4 is 11.9 Å². The summed E-state index contributed by atoms with van der Waals surface area (Å²) < 4.78 is 4.63. The fraction of sp³-hybridized carbons (Fsp3) is 0.818. The average Bonchev–Trinajstić information content (AvgIpc) is 2.36. The maximum absolute atomic E-state index is 11.3. The van der Waals surface area contributed by atoms with Gasteiger partial charge in [0.1, 0.15) is 0 Å². The van der Waals surface area contributed by atoms with E-state index >= 15 is 0 Å². The fourth-order valence-corrected chi connectivity index (χ4v) is 1.86. The number of cyclic esters (lactones) is 2. The van der Waals surface area contributed by atoms with E-state index in [4.69, 9.17) is 0 Å². The third-order valence-electron chi connectivity index (χ3n) is 2.79. The molecule has 0 aromatic carbocycles. The van der Waals surface area contributed by atoms with Crippen molar-refractivity contribution in [1.82, 2.24) is 0 Å². The largest absolute Gasteiger partial charge is 0.393 e. The lowest BCUT2D eigenvalue weighted by atomic mass is 9.87. The van der Waals surface area contributed by atoms with Crippen LogP contribution in [0.3, 0.4) is 0 Å². The normalized spacial score (nSPS) is 27.1. The highest BCUT2D eigenvalue weighted by Gasteiger charge is 2.42. The lowest BCUT2D eigenvalue weighted by Gasteiger charge is -2.12. The van der Waals surface area contributed by atoms with Crippen molar-refractivity contribution in [1.29, 1.82) is 0 Å². The molecule has 0 aromatic heterocycles. The first-order chi connectivity index (χ1) is 6.56. The van der Waals surface area contributed by atoms with E-state index in [1.807, 2.05) is 6.92 Å². The van der Waals surface area contributed by atoms with Crippen molar-refractivity contribution in [2.45, 2.75) is 40.0 Å². The summed E-state index contributed by atoms with van der Waals surface area (Å²) in [5.74, 6) is -0.457. The van der Waals surface area contributed by atoms with E-state index in [9.17, 15) is 9.59 Å². The Hall–Kier alpha value is -0.860. The van der Waals surface area contributed by atoms with Gasteiger partial charge < -0.3 is 4.74 Å². The molecule has 14 heavy (non-hydrogen) atoms. The van der Waals surface area contributed by atoms with Crippen LogP contribution in [-0.4, -0.2) is 11.9 Å². The number of rotatable bonds is 4. The molecular formula is C11H18O3. The summed E-state index contributed by atoms with van der Waals surface area (Å²) in [5.41, 5.74) is 0. The van der Waals surface area contributed by atoms with Gasteiger partial charge in [0, 0.05) is 0 Å². The molecule has 0 radical (unpaired) electrons. The van der Waals surface area contributed by atoms with Crippen molar-refractivity contribution in [2.75, 3.05) is 0 Å². The minimum atomic E-state index is -0.328. The van der Waals surface area contributed by atoms with Gasteiger partial charge in [-0.1, -0.05) is 27.2 Å². The predicted octanol–water partition coefficient (Wildman–Crippen LogP) is 2.15. The molecule has 1 rings (SSSR count). The Morgan fingerprint density at radius 3 is 2.29 bits per heavy atom. The summed E-state index contributed by atoms with van der Waals surface area (Å²) in [6, 6.07) is 0. The Morgan fingerprint density at radius 1 is 1.21 bits per heavy atom. The number of carbonyl (C=O) groups is 2. The second kappa shape index (κ2) is 4.58. The van der Waals surface area contributed by atoms with Crippen LogP contribution in [0.4, 0.5) is 0 Å². The molecule has 1 heterocycles. The zero-order chi connectivity index (χ0) is 10.7. The summed E-state index contributed by atoms with van der Waals surface area (Å²) in [4.78, 5) is 22.6. The van der Waals surface area contributed by atoms with E-state index in [1.165, 1.54) is 0 Å². The Labute approximate surface area is 84.8 Å². The maximum atomic E-state index is 11.3. The van der Waals surface area contributed by atoms with Crippen LogP contribution in [0.1, 0.15) is 40.0 Å². The summed E-state index contributed by atoms with van der Waals surface area (Å²) in [7, 11) is 0. The van der Waals surface area contributed by atoms with Crippen molar-refractivity contribution in [3.05, 3.63) is 0 Å². The number of carbonyl (C=O) groups excluding carboxylic acids is 2. The lowest BCUT2D eigenvalue weighted by molar-refractivity contribution is -0.153. The molecule has 1 aliphatic heterocycles. The Kier molecular flexibility index (Phi) is 3.67. The Morgan fingerprint density at radius 2 is 1.79 bits per heavy atom. The molecular weight excluding hydrogens is 180 g/mol. The number of esters is 2. The smallest absolute Gasteiger partial charge is 0.317 e. The molecule has 1 saturated heterocycles. The quantitative estimate of drug-likeness (QED) is 0.513. The fourth-order valence-electron chi connectivity index (χ4n) is 1.86. The summed E-state index contributed by atoms with van der Waals surface area (Å²) in [5, 5.41) is 0. The van der Waals surface area contributed by atoms with Crippen molar-refractivity contribution in [2.24, 2.45) is 17.8 Å². The van der Waals surface area contributed by atoms with E-state index in [-0.39, 0.29) is 23.8 Å². The van der Waals surface area contributed by atoms with Gasteiger partial charge in [0.15, 0.2) is 0 Å². The molecule has 0 bridgehead atoms. The van der Waals surface area contributed by atoms with Gasteiger partial charge in [0.05, 0.1) is 11.8 Å². The minimum absolute atomic E-state index is 0.185. The van der Waals surface area contributed by atoms with Gasteiger partial charge in [0.25, 0.3) is 0 Å². The second-order valence-corrected chi connectivity index (χ2v) is 4.33. The first-order valence-corrected chi connectivity index (χ1v) is 5.31. The average molecular weight is 198 g/mol. The molecule has 2 atom stereocenters. The van der Waals surface area contributed by atoms with E-state index in [2.05, 4.69) is 18.6 Å². The van der Waals surface area contributed by atoms with Crippen LogP contribution >= 0.6 is 0 Å². The van der Waals surface area contributed by atoms with Crippen LogP contribution < -0.4 is 0 Å². The van der Waals surface area contributed by atoms with Gasteiger partial charge >= 0.3 is 11.9 Å². The van der Waals surface area contributed by atoms with E-state index in [0.29, 0.717) is 12.3 Å². The van der Waals surface area contributed by atoms with Crippen LogP contribution in [0.5, 0.6) is 0 Å². The highest BCUT2D eigenvalue weighted by molar-refractivity contribution is 5.96. The highest BCUT2D eigenvalue weighted by Crippen LogP contribution is 2.30. The molecule has 3 heteroatoms. The van der Waals surface area contributed by atoms with E-state index in [0.717, 1.165) is 12.8 Å². The molecule has 0 saturated carbocycles. The number of ether oxygens (including phenoxy) is 1. The van der Waals surface area contributed by atoms with Gasteiger partial charge in [0.2, 0.25) is 0 Å². The summed E-state index contributed by atoms with van der Waals surface area (Å²) in [6.07, 6.45) is 2.46. The molecule has 3 nitrogen and oxygen atoms in total. The number of hydrogen-bond acceptors (Lipinski definition) is 3. The highest BCUT2D eigenvalue weighted by atomic mass is 16.6. The molecule has 0 aliphatic carbocycles. The van der Waals surface area contributed by atoms with Crippen molar-refractivity contribution in [3.63, 3.8) is 0 Å². The maximum Gasteiger partial charge on any atom is 0.317 e. The van der Waals surface area contributed by atoms with E-state index in [1.54, 1.807) is 0 Å². The lowest BCUT2D eigenvalue weighted by Crippen LogP contribution is -2.17. The molecule has 1 fully saturated rings. The van der Waals surface area contributed by atoms with E-state index < -0.39 is 0 Å². The number of hydrogen-bond donors (Lipinski definition) is 0. The Balaban J connectivity index is 2.56. The van der Waals surface area contributed by atoms with Gasteiger partial charge in [-0.05, 0) is 18.8 Å². The minimum Gasteiger partial charge on any atom is -0.393 e. The van der Waals surface area contributed by atoms with Crippen LogP contribution in [0.2, 0.25) is 0 Å². The molecule has 0 amide bonds. The third kappa shape index (κ3) is 2.34. The SMILES string of the molecule is CCC1C(=O)OC(=O)C1CCC(C)C. The Bertz CT molecular complexity index is 233. The van der Waals surface area contributed by atoms with Crippen molar-refractivity contribution < 1.29 is 14.3 Å². The van der Waals surface area contributed by atoms with Crippen LogP contribution in [-0.2, 0) is 14.3 Å². The van der Waals surface area contributed by atoms with Crippen LogP contribution in [0.15, 0.2) is 0 Å². The monoisotopic (exact) mass is 198 g/mol. The summed E-state index contributed by atoms with van der Waals surface area (Å²) >= 11 is 0. The topological polar surface area (TPSA) is 43.4 Å². The van der Waals surface area contributed by atoms with Gasteiger partial charge in [-0.2, -0.15) is 0 Å².